The van der Waals surface area contributed by atoms with Crippen LogP contribution in [0.1, 0.15) is 40.9 Å². The Kier molecular flexibility index (Phi) is 9.66. The minimum absolute atomic E-state index is 0.0783. The Bertz CT molecular complexity index is 1610. The van der Waals surface area contributed by atoms with Gasteiger partial charge in [-0.3, -0.25) is 14.4 Å². The van der Waals surface area contributed by atoms with Gasteiger partial charge in [-0.05, 0) is 55.8 Å². The molecule has 0 fully saturated rings. The Balaban J connectivity index is 1.69. The van der Waals surface area contributed by atoms with Gasteiger partial charge in [0.25, 0.3) is 11.8 Å². The first-order valence-corrected chi connectivity index (χ1v) is 13.7. The van der Waals surface area contributed by atoms with Crippen LogP contribution >= 0.6 is 11.6 Å². The van der Waals surface area contributed by atoms with Crippen molar-refractivity contribution >= 4 is 35.0 Å². The molecule has 7 nitrogen and oxygen atoms in total. The summed E-state index contributed by atoms with van der Waals surface area (Å²) in [6.45, 7) is 2.91. The highest BCUT2D eigenvalue weighted by Crippen LogP contribution is 2.36. The summed E-state index contributed by atoms with van der Waals surface area (Å²) in [5, 5.41) is 4.70. The number of carbonyl (C=O) groups is 3. The van der Waals surface area contributed by atoms with E-state index in [4.69, 9.17) is 16.3 Å². The van der Waals surface area contributed by atoms with Crippen LogP contribution in [0.4, 0.5) is 36.4 Å². The summed E-state index contributed by atoms with van der Waals surface area (Å²) in [6, 6.07) is 5.98. The van der Waals surface area contributed by atoms with Crippen molar-refractivity contribution in [2.24, 2.45) is 0 Å². The molecule has 3 aromatic rings. The first kappa shape index (κ1) is 33.6. The lowest BCUT2D eigenvalue weighted by Crippen LogP contribution is -2.57. The van der Waals surface area contributed by atoms with E-state index in [1.165, 1.54) is 29.2 Å². The number of anilines is 1. The third kappa shape index (κ3) is 7.67. The highest BCUT2D eigenvalue weighted by atomic mass is 35.5. The van der Waals surface area contributed by atoms with Gasteiger partial charge in [0.1, 0.15) is 30.3 Å². The molecule has 1 aliphatic heterocycles. The molecule has 0 saturated carbocycles. The fourth-order valence-corrected chi connectivity index (χ4v) is 4.99. The zero-order chi connectivity index (χ0) is 33.3. The van der Waals surface area contributed by atoms with E-state index in [0.29, 0.717) is 17.8 Å². The maximum absolute atomic E-state index is 13.8. The van der Waals surface area contributed by atoms with Crippen LogP contribution in [0.5, 0.6) is 5.75 Å². The van der Waals surface area contributed by atoms with Gasteiger partial charge in [-0.1, -0.05) is 29.8 Å². The fraction of sp³-hybridized carbons (Fsp3) is 0.300. The van der Waals surface area contributed by atoms with Crippen molar-refractivity contribution in [1.82, 2.24) is 10.6 Å². The van der Waals surface area contributed by atoms with E-state index in [9.17, 15) is 45.1 Å². The van der Waals surface area contributed by atoms with Gasteiger partial charge in [-0.15, -0.1) is 0 Å². The van der Waals surface area contributed by atoms with Crippen molar-refractivity contribution in [3.63, 3.8) is 0 Å². The number of nitrogens with one attached hydrogen (secondary N) is 2. The number of fused-ring (bicyclic) bond motifs is 1. The third-order valence-corrected chi connectivity index (χ3v) is 7.09. The molecule has 3 aromatic carbocycles. The minimum Gasteiger partial charge on any atom is -0.489 e. The standard InChI is InChI=1S/C30H25ClF7N3O4/c1-15(2)41-24-10-7-17(31)12-25(24)45-14-23(28(41)44)40-27(43)22(11-16-5-3-4-6-20(16)29(33,34)35)39-26(42)19-9-8-18(32)13-21(19)30(36,37)38/h3-10,12-13,15,22-23H,11,14H2,1-2H3,(H,39,42)(H,40,43)/t22-,23-/m1/s1. The monoisotopic (exact) mass is 659 g/mol. The van der Waals surface area contributed by atoms with Gasteiger partial charge in [0, 0.05) is 23.6 Å². The fourth-order valence-electron chi connectivity index (χ4n) is 4.83. The minimum atomic E-state index is -5.18. The Labute approximate surface area is 257 Å². The number of benzene rings is 3. The van der Waals surface area contributed by atoms with Crippen LogP contribution in [0.25, 0.3) is 0 Å². The summed E-state index contributed by atoms with van der Waals surface area (Å²) in [5.74, 6) is -4.46. The molecule has 3 amide bonds. The van der Waals surface area contributed by atoms with Crippen molar-refractivity contribution in [2.45, 2.75) is 50.7 Å². The summed E-state index contributed by atoms with van der Waals surface area (Å²) in [5.41, 5.74) is -4.02. The summed E-state index contributed by atoms with van der Waals surface area (Å²) >= 11 is 6.06. The second-order valence-electron chi connectivity index (χ2n) is 10.4. The number of amides is 3. The van der Waals surface area contributed by atoms with E-state index in [1.807, 2.05) is 5.32 Å². The number of hydrogen-bond acceptors (Lipinski definition) is 4. The lowest BCUT2D eigenvalue weighted by atomic mass is 9.98. The van der Waals surface area contributed by atoms with Gasteiger partial charge in [0.15, 0.2) is 0 Å². The molecule has 2 N–H and O–H groups in total. The van der Waals surface area contributed by atoms with E-state index >= 15 is 0 Å². The molecule has 45 heavy (non-hydrogen) atoms. The second-order valence-corrected chi connectivity index (χ2v) is 10.8. The number of alkyl halides is 6. The zero-order valence-corrected chi connectivity index (χ0v) is 24.3. The third-order valence-electron chi connectivity index (χ3n) is 6.86. The Morgan fingerprint density at radius 1 is 0.978 bits per heavy atom. The van der Waals surface area contributed by atoms with Gasteiger partial charge >= 0.3 is 12.4 Å². The number of ether oxygens (including phenoxy) is 1. The number of rotatable bonds is 7. The second kappa shape index (κ2) is 13.0. The summed E-state index contributed by atoms with van der Waals surface area (Å²) in [7, 11) is 0. The smallest absolute Gasteiger partial charge is 0.417 e. The van der Waals surface area contributed by atoms with Gasteiger partial charge < -0.3 is 20.3 Å². The molecule has 1 heterocycles. The Morgan fingerprint density at radius 2 is 1.64 bits per heavy atom. The first-order valence-electron chi connectivity index (χ1n) is 13.4. The molecule has 15 heteroatoms. The van der Waals surface area contributed by atoms with Crippen molar-refractivity contribution < 1.29 is 49.9 Å². The highest BCUT2D eigenvalue weighted by molar-refractivity contribution is 6.30. The van der Waals surface area contributed by atoms with E-state index in [0.717, 1.165) is 18.2 Å². The Morgan fingerprint density at radius 3 is 2.29 bits per heavy atom. The summed E-state index contributed by atoms with van der Waals surface area (Å²) < 4.78 is 102. The van der Waals surface area contributed by atoms with Crippen LogP contribution in [0.15, 0.2) is 60.7 Å². The molecule has 1 aliphatic rings. The average molecular weight is 660 g/mol. The topological polar surface area (TPSA) is 87.7 Å². The molecule has 0 radical (unpaired) electrons. The average Bonchev–Trinajstić information content (AvgIpc) is 3.07. The molecule has 0 unspecified atom stereocenters. The van der Waals surface area contributed by atoms with Gasteiger partial charge in [0.2, 0.25) is 5.91 Å². The highest BCUT2D eigenvalue weighted by Gasteiger charge is 2.39. The van der Waals surface area contributed by atoms with Crippen LogP contribution in [0, 0.1) is 5.82 Å². The van der Waals surface area contributed by atoms with Crippen molar-refractivity contribution in [3.8, 4) is 5.75 Å². The molecule has 4 rings (SSSR count). The van der Waals surface area contributed by atoms with Crippen LogP contribution in [-0.2, 0) is 28.4 Å². The Hall–Kier alpha value is -4.33. The lowest BCUT2D eigenvalue weighted by Gasteiger charge is -2.29. The van der Waals surface area contributed by atoms with Crippen LogP contribution in [-0.4, -0.2) is 42.5 Å². The van der Waals surface area contributed by atoms with E-state index in [1.54, 1.807) is 13.8 Å². The molecule has 0 aliphatic carbocycles. The number of halogens is 8. The normalized spacial score (nSPS) is 16.0. The van der Waals surface area contributed by atoms with Crippen LogP contribution < -0.4 is 20.3 Å². The molecular weight excluding hydrogens is 635 g/mol. The van der Waals surface area contributed by atoms with Crippen molar-refractivity contribution in [2.75, 3.05) is 11.5 Å². The van der Waals surface area contributed by atoms with Crippen LogP contribution in [0.3, 0.4) is 0 Å². The van der Waals surface area contributed by atoms with Crippen LogP contribution in [0.2, 0.25) is 5.02 Å². The van der Waals surface area contributed by atoms with Gasteiger partial charge in [-0.25, -0.2) is 4.39 Å². The predicted molar refractivity (Wildman–Crippen MR) is 149 cm³/mol. The lowest BCUT2D eigenvalue weighted by molar-refractivity contribution is -0.139. The zero-order valence-electron chi connectivity index (χ0n) is 23.5. The summed E-state index contributed by atoms with van der Waals surface area (Å²) in [6.07, 6.45) is -10.9. The molecular formula is C30H25ClF7N3O4. The molecule has 0 aromatic heterocycles. The summed E-state index contributed by atoms with van der Waals surface area (Å²) in [4.78, 5) is 41.6. The maximum Gasteiger partial charge on any atom is 0.417 e. The first-order chi connectivity index (χ1) is 21.0. The van der Waals surface area contributed by atoms with E-state index in [2.05, 4.69) is 5.32 Å². The molecule has 0 spiro atoms. The quantitative estimate of drug-likeness (QED) is 0.297. The molecule has 2 atom stereocenters. The SMILES string of the molecule is CC(C)N1C(=O)[C@H](NC(=O)[C@@H](Cc2ccccc2C(F)(F)F)NC(=O)c2ccc(F)cc2C(F)(F)F)COc2cc(Cl)ccc21. The maximum atomic E-state index is 13.8. The molecule has 0 saturated heterocycles. The molecule has 240 valence electrons. The predicted octanol–water partition coefficient (Wildman–Crippen LogP) is 6.18. The largest absolute Gasteiger partial charge is 0.489 e. The van der Waals surface area contributed by atoms with Gasteiger partial charge in [-0.2, -0.15) is 26.3 Å². The van der Waals surface area contributed by atoms with Gasteiger partial charge in [0.05, 0.1) is 22.4 Å². The number of carbonyl (C=O) groups excluding carboxylic acids is 3. The molecule has 0 bridgehead atoms. The van der Waals surface area contributed by atoms with Crippen molar-refractivity contribution in [1.29, 1.82) is 0 Å². The van der Waals surface area contributed by atoms with E-state index < -0.39 is 89.3 Å². The van der Waals surface area contributed by atoms with Crippen molar-refractivity contribution in [3.05, 3.63) is 93.8 Å². The van der Waals surface area contributed by atoms with E-state index in [-0.39, 0.29) is 16.8 Å². The number of hydrogen-bond donors (Lipinski definition) is 2. The number of nitrogens with zero attached hydrogens (tertiary/aromatic N) is 1.